The second kappa shape index (κ2) is 3.39. The van der Waals surface area contributed by atoms with E-state index in [4.69, 9.17) is 0 Å². The van der Waals surface area contributed by atoms with Crippen LogP contribution in [0, 0.1) is 13.8 Å². The fourth-order valence-electron chi connectivity index (χ4n) is 1.65. The minimum atomic E-state index is -1.38. The SMILES string of the molecule is Cc1cc(B(O)O)c2cc(C)sc2c1. The van der Waals surface area contributed by atoms with Gasteiger partial charge in [-0.3, -0.25) is 0 Å². The van der Waals surface area contributed by atoms with Crippen molar-refractivity contribution < 1.29 is 10.0 Å². The first-order valence-corrected chi connectivity index (χ1v) is 5.26. The summed E-state index contributed by atoms with van der Waals surface area (Å²) < 4.78 is 1.12. The van der Waals surface area contributed by atoms with Gasteiger partial charge in [-0.1, -0.05) is 11.6 Å². The zero-order valence-corrected chi connectivity index (χ0v) is 8.93. The summed E-state index contributed by atoms with van der Waals surface area (Å²) in [5.74, 6) is 0. The largest absolute Gasteiger partial charge is 0.489 e. The highest BCUT2D eigenvalue weighted by Crippen LogP contribution is 2.24. The van der Waals surface area contributed by atoms with Gasteiger partial charge in [0.1, 0.15) is 0 Å². The predicted octanol–water partition coefficient (Wildman–Crippen LogP) is 1.20. The molecule has 0 saturated carbocycles. The molecular formula is C10H11BO2S. The molecule has 1 heterocycles. The van der Waals surface area contributed by atoms with Crippen LogP contribution in [-0.4, -0.2) is 17.2 Å². The van der Waals surface area contributed by atoms with Crippen molar-refractivity contribution in [2.45, 2.75) is 13.8 Å². The van der Waals surface area contributed by atoms with Crippen LogP contribution in [-0.2, 0) is 0 Å². The lowest BCUT2D eigenvalue weighted by molar-refractivity contribution is 0.426. The molecule has 0 saturated heterocycles. The molecule has 2 rings (SSSR count). The molecule has 2 aromatic rings. The number of hydrogen-bond acceptors (Lipinski definition) is 3. The number of benzene rings is 1. The Morgan fingerprint density at radius 3 is 2.50 bits per heavy atom. The molecule has 1 aromatic carbocycles. The van der Waals surface area contributed by atoms with E-state index < -0.39 is 7.12 Å². The minimum absolute atomic E-state index is 0.601. The monoisotopic (exact) mass is 206 g/mol. The lowest BCUT2D eigenvalue weighted by Crippen LogP contribution is -2.30. The van der Waals surface area contributed by atoms with Gasteiger partial charge >= 0.3 is 7.12 Å². The van der Waals surface area contributed by atoms with Crippen molar-refractivity contribution in [2.24, 2.45) is 0 Å². The van der Waals surface area contributed by atoms with Crippen LogP contribution in [0.25, 0.3) is 10.1 Å². The lowest BCUT2D eigenvalue weighted by Gasteiger charge is -2.03. The van der Waals surface area contributed by atoms with Crippen LogP contribution in [0.3, 0.4) is 0 Å². The molecule has 0 radical (unpaired) electrons. The number of thiophene rings is 1. The van der Waals surface area contributed by atoms with Crippen LogP contribution >= 0.6 is 11.3 Å². The van der Waals surface area contributed by atoms with Crippen molar-refractivity contribution in [2.75, 3.05) is 0 Å². The van der Waals surface area contributed by atoms with Crippen LogP contribution in [0.5, 0.6) is 0 Å². The third-order valence-corrected chi connectivity index (χ3v) is 3.21. The third-order valence-electron chi connectivity index (χ3n) is 2.22. The van der Waals surface area contributed by atoms with Gasteiger partial charge in [0.25, 0.3) is 0 Å². The van der Waals surface area contributed by atoms with Crippen LogP contribution in [0.1, 0.15) is 10.4 Å². The molecule has 2 N–H and O–H groups in total. The average molecular weight is 206 g/mol. The molecule has 4 heteroatoms. The number of aryl methyl sites for hydroxylation is 2. The van der Waals surface area contributed by atoms with Crippen LogP contribution in [0.4, 0.5) is 0 Å². The van der Waals surface area contributed by atoms with E-state index >= 15 is 0 Å². The van der Waals surface area contributed by atoms with Gasteiger partial charge in [-0.15, -0.1) is 11.3 Å². The quantitative estimate of drug-likeness (QED) is 0.688. The molecule has 0 aliphatic rings. The van der Waals surface area contributed by atoms with E-state index in [-0.39, 0.29) is 0 Å². The Morgan fingerprint density at radius 2 is 1.86 bits per heavy atom. The van der Waals surface area contributed by atoms with Crippen LogP contribution in [0.2, 0.25) is 0 Å². The molecule has 14 heavy (non-hydrogen) atoms. The lowest BCUT2D eigenvalue weighted by atomic mass is 9.77. The Morgan fingerprint density at radius 1 is 1.14 bits per heavy atom. The van der Waals surface area contributed by atoms with E-state index in [1.807, 2.05) is 26.0 Å². The summed E-state index contributed by atoms with van der Waals surface area (Å²) >= 11 is 1.68. The second-order valence-electron chi connectivity index (χ2n) is 3.50. The van der Waals surface area contributed by atoms with Crippen molar-refractivity contribution in [3.05, 3.63) is 28.6 Å². The maximum atomic E-state index is 9.22. The molecule has 0 bridgehead atoms. The topological polar surface area (TPSA) is 40.5 Å². The van der Waals surface area contributed by atoms with Crippen molar-refractivity contribution in [1.29, 1.82) is 0 Å². The van der Waals surface area contributed by atoms with E-state index in [0.717, 1.165) is 15.6 Å². The Balaban J connectivity index is 2.79. The zero-order chi connectivity index (χ0) is 10.3. The Hall–Kier alpha value is -0.835. The highest BCUT2D eigenvalue weighted by atomic mass is 32.1. The highest BCUT2D eigenvalue weighted by Gasteiger charge is 2.16. The molecule has 0 unspecified atom stereocenters. The summed E-state index contributed by atoms with van der Waals surface area (Å²) in [5, 5.41) is 19.4. The Bertz CT molecular complexity index is 476. The summed E-state index contributed by atoms with van der Waals surface area (Å²) in [6, 6.07) is 5.88. The molecule has 0 aliphatic carbocycles. The molecular weight excluding hydrogens is 195 g/mol. The normalized spacial score (nSPS) is 10.9. The molecule has 0 aliphatic heterocycles. The van der Waals surface area contributed by atoms with Gasteiger partial charge in [0, 0.05) is 9.58 Å². The Kier molecular flexibility index (Phi) is 2.35. The first-order chi connectivity index (χ1) is 6.58. The number of fused-ring (bicyclic) bond motifs is 1. The van der Waals surface area contributed by atoms with E-state index in [1.54, 1.807) is 11.3 Å². The second-order valence-corrected chi connectivity index (χ2v) is 4.78. The van der Waals surface area contributed by atoms with Gasteiger partial charge in [-0.2, -0.15) is 0 Å². The summed E-state index contributed by atoms with van der Waals surface area (Å²) in [4.78, 5) is 1.19. The molecule has 0 spiro atoms. The van der Waals surface area contributed by atoms with Crippen molar-refractivity contribution in [3.63, 3.8) is 0 Å². The van der Waals surface area contributed by atoms with E-state index in [2.05, 4.69) is 6.07 Å². The summed E-state index contributed by atoms with van der Waals surface area (Å²) in [6.45, 7) is 3.98. The van der Waals surface area contributed by atoms with Gasteiger partial charge in [0.15, 0.2) is 0 Å². The molecule has 2 nitrogen and oxygen atoms in total. The molecule has 0 fully saturated rings. The maximum Gasteiger partial charge on any atom is 0.489 e. The number of rotatable bonds is 1. The molecule has 1 aromatic heterocycles. The minimum Gasteiger partial charge on any atom is -0.423 e. The number of hydrogen-bond donors (Lipinski definition) is 2. The molecule has 72 valence electrons. The van der Waals surface area contributed by atoms with Crippen molar-refractivity contribution in [1.82, 2.24) is 0 Å². The van der Waals surface area contributed by atoms with Crippen molar-refractivity contribution in [3.8, 4) is 0 Å². The van der Waals surface area contributed by atoms with Crippen LogP contribution < -0.4 is 5.46 Å². The highest BCUT2D eigenvalue weighted by molar-refractivity contribution is 7.19. The van der Waals surface area contributed by atoms with Crippen LogP contribution in [0.15, 0.2) is 18.2 Å². The summed E-state index contributed by atoms with van der Waals surface area (Å²) in [6.07, 6.45) is 0. The van der Waals surface area contributed by atoms with Gasteiger partial charge in [-0.05, 0) is 36.8 Å². The fourth-order valence-corrected chi connectivity index (χ4v) is 2.71. The first kappa shape index (κ1) is 9.71. The molecule has 0 amide bonds. The predicted molar refractivity (Wildman–Crippen MR) is 61.1 cm³/mol. The van der Waals surface area contributed by atoms with Gasteiger partial charge < -0.3 is 10.0 Å². The third kappa shape index (κ3) is 1.56. The Labute approximate surface area is 87.0 Å². The van der Waals surface area contributed by atoms with Gasteiger partial charge in [0.05, 0.1) is 0 Å². The van der Waals surface area contributed by atoms with Crippen molar-refractivity contribution >= 4 is 34.0 Å². The summed E-state index contributed by atoms with van der Waals surface area (Å²) in [7, 11) is -1.38. The first-order valence-electron chi connectivity index (χ1n) is 4.45. The zero-order valence-electron chi connectivity index (χ0n) is 8.11. The smallest absolute Gasteiger partial charge is 0.423 e. The fraction of sp³-hybridized carbons (Fsp3) is 0.200. The summed E-state index contributed by atoms with van der Waals surface area (Å²) in [5.41, 5.74) is 1.66. The molecule has 0 atom stereocenters. The van der Waals surface area contributed by atoms with E-state index in [0.29, 0.717) is 5.46 Å². The maximum absolute atomic E-state index is 9.22. The van der Waals surface area contributed by atoms with Gasteiger partial charge in [0.2, 0.25) is 0 Å². The average Bonchev–Trinajstić information content (AvgIpc) is 2.42. The van der Waals surface area contributed by atoms with E-state index in [9.17, 15) is 10.0 Å². The van der Waals surface area contributed by atoms with E-state index in [1.165, 1.54) is 4.88 Å². The van der Waals surface area contributed by atoms with Gasteiger partial charge in [-0.25, -0.2) is 0 Å². The standard InChI is InChI=1S/C10H11BO2S/c1-6-3-9(11(12)13)8-5-7(2)14-10(8)4-6/h3-5,12-13H,1-2H3.